The number of aldehydes is 1. The molecule has 0 saturated carbocycles. The van der Waals surface area contributed by atoms with Crippen LogP contribution in [0.2, 0.25) is 0 Å². The van der Waals surface area contributed by atoms with Gasteiger partial charge in [-0.15, -0.1) is 0 Å². The van der Waals surface area contributed by atoms with Gasteiger partial charge in [-0.1, -0.05) is 25.5 Å². The van der Waals surface area contributed by atoms with E-state index in [0.717, 1.165) is 25.5 Å². The summed E-state index contributed by atoms with van der Waals surface area (Å²) in [6.07, 6.45) is 11.0. The highest BCUT2D eigenvalue weighted by Crippen LogP contribution is 2.10. The number of carbonyl (C=O) groups is 1. The van der Waals surface area contributed by atoms with Crippen LogP contribution in [-0.2, 0) is 4.79 Å². The average Bonchev–Trinajstić information content (AvgIpc) is 2.11. The van der Waals surface area contributed by atoms with Crippen LogP contribution in [0.25, 0.3) is 0 Å². The lowest BCUT2D eigenvalue weighted by atomic mass is 10.0. The molecule has 1 unspecified atom stereocenters. The van der Waals surface area contributed by atoms with E-state index in [1.807, 2.05) is 6.92 Å². The van der Waals surface area contributed by atoms with Crippen LogP contribution in [0.4, 0.5) is 0 Å². The van der Waals surface area contributed by atoms with Gasteiger partial charge in [-0.3, -0.25) is 0 Å². The zero-order valence-electron chi connectivity index (χ0n) is 8.25. The Morgan fingerprint density at radius 1 is 1.33 bits per heavy atom. The minimum Gasteiger partial charge on any atom is -0.303 e. The molecule has 0 aromatic rings. The van der Waals surface area contributed by atoms with Crippen LogP contribution in [0.5, 0.6) is 0 Å². The molecule has 0 heterocycles. The molecule has 0 saturated heterocycles. The second-order valence-electron chi connectivity index (χ2n) is 3.16. The van der Waals surface area contributed by atoms with E-state index in [-0.39, 0.29) is 0 Å². The van der Waals surface area contributed by atoms with Gasteiger partial charge in [0.15, 0.2) is 0 Å². The topological polar surface area (TPSA) is 17.1 Å². The van der Waals surface area contributed by atoms with Gasteiger partial charge in [-0.25, -0.2) is 0 Å². The van der Waals surface area contributed by atoms with Crippen LogP contribution in [0.1, 0.15) is 46.0 Å². The zero-order valence-corrected chi connectivity index (χ0v) is 8.25. The smallest absolute Gasteiger partial charge is 0.123 e. The molecule has 0 aliphatic heterocycles. The van der Waals surface area contributed by atoms with Gasteiger partial charge >= 0.3 is 0 Å². The fraction of sp³-hybridized carbons (Fsp3) is 0.727. The normalized spacial score (nSPS) is 13.5. The molecule has 12 heavy (non-hydrogen) atoms. The van der Waals surface area contributed by atoms with Gasteiger partial charge in [0.05, 0.1) is 0 Å². The van der Waals surface area contributed by atoms with Crippen LogP contribution in [0.15, 0.2) is 12.2 Å². The lowest BCUT2D eigenvalue weighted by molar-refractivity contribution is -0.111. The minimum absolute atomic E-state index is 0.301. The summed E-state index contributed by atoms with van der Waals surface area (Å²) in [4.78, 5) is 10.4. The molecule has 0 fully saturated rings. The summed E-state index contributed by atoms with van der Waals surface area (Å²) < 4.78 is 0. The first-order valence-corrected chi connectivity index (χ1v) is 4.91. The molecule has 0 bridgehead atoms. The van der Waals surface area contributed by atoms with Gasteiger partial charge in [0.25, 0.3) is 0 Å². The summed E-state index contributed by atoms with van der Waals surface area (Å²) in [5.74, 6) is 0.301. The van der Waals surface area contributed by atoms with Crippen molar-refractivity contribution in [3.8, 4) is 0 Å². The molecule has 0 amide bonds. The maximum absolute atomic E-state index is 10.4. The summed E-state index contributed by atoms with van der Waals surface area (Å²) >= 11 is 0. The van der Waals surface area contributed by atoms with E-state index in [4.69, 9.17) is 0 Å². The minimum atomic E-state index is 0.301. The SMILES string of the molecule is CC=CCCCCC(C=O)CC. The molecule has 0 aromatic heterocycles. The highest BCUT2D eigenvalue weighted by atomic mass is 16.1. The van der Waals surface area contributed by atoms with Crippen molar-refractivity contribution in [1.82, 2.24) is 0 Å². The summed E-state index contributed by atoms with van der Waals surface area (Å²) in [6, 6.07) is 0. The highest BCUT2D eigenvalue weighted by Gasteiger charge is 2.02. The van der Waals surface area contributed by atoms with Crippen LogP contribution in [0.3, 0.4) is 0 Å². The molecule has 70 valence electrons. The Morgan fingerprint density at radius 2 is 2.08 bits per heavy atom. The molecule has 0 rings (SSSR count). The van der Waals surface area contributed by atoms with Gasteiger partial charge < -0.3 is 4.79 Å². The molecular weight excluding hydrogens is 148 g/mol. The number of unbranched alkanes of at least 4 members (excludes halogenated alkanes) is 2. The first-order chi connectivity index (χ1) is 5.85. The Labute approximate surface area is 75.9 Å². The van der Waals surface area contributed by atoms with Crippen LogP contribution in [0, 0.1) is 5.92 Å². The zero-order chi connectivity index (χ0) is 9.23. The van der Waals surface area contributed by atoms with Crippen LogP contribution in [-0.4, -0.2) is 6.29 Å². The number of hydrogen-bond acceptors (Lipinski definition) is 1. The van der Waals surface area contributed by atoms with Crippen LogP contribution >= 0.6 is 0 Å². The van der Waals surface area contributed by atoms with E-state index >= 15 is 0 Å². The molecule has 0 spiro atoms. The third kappa shape index (κ3) is 6.14. The van der Waals surface area contributed by atoms with E-state index in [2.05, 4.69) is 19.1 Å². The molecule has 0 radical (unpaired) electrons. The Balaban J connectivity index is 3.23. The largest absolute Gasteiger partial charge is 0.303 e. The van der Waals surface area contributed by atoms with Crippen LogP contribution < -0.4 is 0 Å². The van der Waals surface area contributed by atoms with Crippen molar-refractivity contribution in [2.24, 2.45) is 5.92 Å². The lowest BCUT2D eigenvalue weighted by Gasteiger charge is -2.04. The quantitative estimate of drug-likeness (QED) is 0.324. The molecular formula is C11H20O. The number of allylic oxidation sites excluding steroid dienone is 2. The predicted molar refractivity (Wildman–Crippen MR) is 53.1 cm³/mol. The number of hydrogen-bond donors (Lipinski definition) is 0. The van der Waals surface area contributed by atoms with E-state index in [1.54, 1.807) is 0 Å². The molecule has 0 aliphatic rings. The third-order valence-corrected chi connectivity index (χ3v) is 2.15. The molecule has 0 aromatic carbocycles. The average molecular weight is 168 g/mol. The van der Waals surface area contributed by atoms with Crippen molar-refractivity contribution in [3.05, 3.63) is 12.2 Å². The second kappa shape index (κ2) is 8.51. The van der Waals surface area contributed by atoms with E-state index in [0.29, 0.717) is 5.92 Å². The van der Waals surface area contributed by atoms with Gasteiger partial charge in [-0.05, 0) is 32.6 Å². The Morgan fingerprint density at radius 3 is 2.58 bits per heavy atom. The monoisotopic (exact) mass is 168 g/mol. The fourth-order valence-electron chi connectivity index (χ4n) is 1.20. The fourth-order valence-corrected chi connectivity index (χ4v) is 1.20. The van der Waals surface area contributed by atoms with Crippen molar-refractivity contribution < 1.29 is 4.79 Å². The van der Waals surface area contributed by atoms with Gasteiger partial charge in [-0.2, -0.15) is 0 Å². The predicted octanol–water partition coefficient (Wildman–Crippen LogP) is 3.35. The lowest BCUT2D eigenvalue weighted by Crippen LogP contribution is -1.99. The van der Waals surface area contributed by atoms with Gasteiger partial charge in [0.1, 0.15) is 6.29 Å². The molecule has 1 atom stereocenters. The second-order valence-corrected chi connectivity index (χ2v) is 3.16. The van der Waals surface area contributed by atoms with Gasteiger partial charge in [0, 0.05) is 5.92 Å². The summed E-state index contributed by atoms with van der Waals surface area (Å²) in [5, 5.41) is 0. The maximum atomic E-state index is 10.4. The number of carbonyl (C=O) groups excluding carboxylic acids is 1. The summed E-state index contributed by atoms with van der Waals surface area (Å²) in [5.41, 5.74) is 0. The third-order valence-electron chi connectivity index (χ3n) is 2.15. The standard InChI is InChI=1S/C11H20O/c1-3-5-6-7-8-9-11(4-2)10-12/h3,5,10-11H,4,6-9H2,1-2H3. The number of rotatable bonds is 7. The maximum Gasteiger partial charge on any atom is 0.123 e. The Hall–Kier alpha value is -0.590. The first-order valence-electron chi connectivity index (χ1n) is 4.91. The molecule has 1 heteroatoms. The summed E-state index contributed by atoms with van der Waals surface area (Å²) in [7, 11) is 0. The van der Waals surface area contributed by atoms with E-state index < -0.39 is 0 Å². The molecule has 0 aliphatic carbocycles. The summed E-state index contributed by atoms with van der Waals surface area (Å²) in [6.45, 7) is 4.12. The first kappa shape index (κ1) is 11.4. The van der Waals surface area contributed by atoms with Crippen molar-refractivity contribution in [1.29, 1.82) is 0 Å². The molecule has 0 N–H and O–H groups in total. The van der Waals surface area contributed by atoms with Crippen molar-refractivity contribution in [2.75, 3.05) is 0 Å². The highest BCUT2D eigenvalue weighted by molar-refractivity contribution is 5.53. The van der Waals surface area contributed by atoms with E-state index in [9.17, 15) is 4.79 Å². The van der Waals surface area contributed by atoms with E-state index in [1.165, 1.54) is 12.8 Å². The van der Waals surface area contributed by atoms with Crippen molar-refractivity contribution in [2.45, 2.75) is 46.0 Å². The Bertz CT molecular complexity index is 127. The van der Waals surface area contributed by atoms with Crippen molar-refractivity contribution >= 4 is 6.29 Å². The van der Waals surface area contributed by atoms with Crippen molar-refractivity contribution in [3.63, 3.8) is 0 Å². The Kier molecular flexibility index (Phi) is 8.09. The molecule has 1 nitrogen and oxygen atoms in total. The van der Waals surface area contributed by atoms with Gasteiger partial charge in [0.2, 0.25) is 0 Å².